The van der Waals surface area contributed by atoms with Crippen LogP contribution in [0.4, 0.5) is 0 Å². The topological polar surface area (TPSA) is 57.0 Å². The fourth-order valence-corrected chi connectivity index (χ4v) is 3.13. The van der Waals surface area contributed by atoms with Crippen molar-refractivity contribution in [2.45, 2.75) is 37.9 Å². The van der Waals surface area contributed by atoms with Gasteiger partial charge >= 0.3 is 5.97 Å². The number of hydrogen-bond donors (Lipinski definition) is 0. The van der Waals surface area contributed by atoms with Crippen LogP contribution in [0.25, 0.3) is 0 Å². The third kappa shape index (κ3) is 5.51. The van der Waals surface area contributed by atoms with Crippen LogP contribution in [0, 0.1) is 0 Å². The number of esters is 1. The summed E-state index contributed by atoms with van der Waals surface area (Å²) in [6, 6.07) is 4.17. The van der Waals surface area contributed by atoms with Crippen molar-refractivity contribution in [3.05, 3.63) is 28.7 Å². The molecule has 2 aromatic rings. The van der Waals surface area contributed by atoms with Crippen LogP contribution in [0.2, 0.25) is 0 Å². The Balaban J connectivity index is 1.76. The first-order valence-corrected chi connectivity index (χ1v) is 8.84. The van der Waals surface area contributed by atoms with E-state index >= 15 is 0 Å². The highest BCUT2D eigenvalue weighted by Crippen LogP contribution is 2.17. The molecule has 0 saturated heterocycles. The number of hydrogen-bond acceptors (Lipinski definition) is 6. The number of thioether (sulfide) groups is 1. The normalized spacial score (nSPS) is 10.7. The first-order chi connectivity index (χ1) is 10.3. The maximum absolute atomic E-state index is 11.6. The molecule has 2 rings (SSSR count). The van der Waals surface area contributed by atoms with Gasteiger partial charge in [0.15, 0.2) is 5.16 Å². The lowest BCUT2D eigenvalue weighted by Gasteiger charge is -2.06. The van der Waals surface area contributed by atoms with Crippen LogP contribution < -0.4 is 0 Å². The molecule has 0 aliphatic carbocycles. The highest BCUT2D eigenvalue weighted by molar-refractivity contribution is 7.99. The minimum absolute atomic E-state index is 0.193. The zero-order chi connectivity index (χ0) is 14.9. The Morgan fingerprint density at radius 3 is 3.19 bits per heavy atom. The molecule has 0 aliphatic heterocycles. The number of nitrogens with zero attached hydrogens (tertiary/aromatic N) is 3. The summed E-state index contributed by atoms with van der Waals surface area (Å²) in [5.74, 6) is 0.0859. The minimum atomic E-state index is -0.193. The molecule has 0 N–H and O–H groups in total. The van der Waals surface area contributed by atoms with Crippen molar-refractivity contribution < 1.29 is 9.53 Å². The predicted molar refractivity (Wildman–Crippen MR) is 84.6 cm³/mol. The van der Waals surface area contributed by atoms with E-state index in [0.717, 1.165) is 31.0 Å². The predicted octanol–water partition coefficient (Wildman–Crippen LogP) is 3.02. The average molecular weight is 325 g/mol. The molecule has 0 amide bonds. The zero-order valence-corrected chi connectivity index (χ0v) is 13.7. The second-order valence-corrected chi connectivity index (χ2v) is 6.47. The van der Waals surface area contributed by atoms with Gasteiger partial charge in [0.2, 0.25) is 0 Å². The number of carbonyl (C=O) groups is 1. The smallest absolute Gasteiger partial charge is 0.316 e. The summed E-state index contributed by atoms with van der Waals surface area (Å²) in [5.41, 5.74) is 0. The van der Waals surface area contributed by atoms with Crippen LogP contribution in [0.3, 0.4) is 0 Å². The molecule has 0 spiro atoms. The van der Waals surface area contributed by atoms with E-state index in [-0.39, 0.29) is 11.7 Å². The second kappa shape index (κ2) is 8.84. The van der Waals surface area contributed by atoms with E-state index in [9.17, 15) is 4.79 Å². The number of rotatable bonds is 9. The van der Waals surface area contributed by atoms with Crippen LogP contribution in [0.5, 0.6) is 0 Å². The number of aryl methyl sites for hydroxylation is 2. The Hall–Kier alpha value is -1.34. The quantitative estimate of drug-likeness (QED) is 0.403. The fourth-order valence-electron chi connectivity index (χ4n) is 1.69. The minimum Gasteiger partial charge on any atom is -0.465 e. The van der Waals surface area contributed by atoms with Crippen molar-refractivity contribution >= 4 is 29.1 Å². The maximum atomic E-state index is 11.6. The summed E-state index contributed by atoms with van der Waals surface area (Å²) in [7, 11) is 0. The van der Waals surface area contributed by atoms with Crippen molar-refractivity contribution in [2.24, 2.45) is 0 Å². The Morgan fingerprint density at radius 1 is 1.52 bits per heavy atom. The lowest BCUT2D eigenvalue weighted by atomic mass is 10.3. The fraction of sp³-hybridized carbons (Fsp3) is 0.500. The van der Waals surface area contributed by atoms with E-state index in [1.54, 1.807) is 17.7 Å². The molecule has 0 radical (unpaired) electrons. The van der Waals surface area contributed by atoms with Crippen molar-refractivity contribution in [1.82, 2.24) is 14.8 Å². The Kier molecular flexibility index (Phi) is 6.75. The molecule has 0 aliphatic rings. The molecule has 5 nitrogen and oxygen atoms in total. The zero-order valence-electron chi connectivity index (χ0n) is 12.0. The van der Waals surface area contributed by atoms with E-state index in [0.29, 0.717) is 6.61 Å². The van der Waals surface area contributed by atoms with E-state index in [1.807, 2.05) is 10.6 Å². The molecular weight excluding hydrogens is 306 g/mol. The third-order valence-electron chi connectivity index (χ3n) is 2.84. The van der Waals surface area contributed by atoms with E-state index < -0.39 is 0 Å². The van der Waals surface area contributed by atoms with Gasteiger partial charge in [-0.05, 0) is 24.3 Å². The highest BCUT2D eigenvalue weighted by atomic mass is 32.2. The largest absolute Gasteiger partial charge is 0.465 e. The molecule has 0 fully saturated rings. The van der Waals surface area contributed by atoms with Gasteiger partial charge < -0.3 is 9.30 Å². The number of thiophene rings is 1. The van der Waals surface area contributed by atoms with Crippen LogP contribution in [0.15, 0.2) is 29.0 Å². The average Bonchev–Trinajstić information content (AvgIpc) is 3.14. The van der Waals surface area contributed by atoms with E-state index in [2.05, 4.69) is 28.6 Å². The molecule has 0 bridgehead atoms. The Labute approximate surface area is 132 Å². The first-order valence-electron chi connectivity index (χ1n) is 6.98. The lowest BCUT2D eigenvalue weighted by Crippen LogP contribution is -2.09. The first kappa shape index (κ1) is 16.0. The molecule has 0 unspecified atom stereocenters. The van der Waals surface area contributed by atoms with Crippen molar-refractivity contribution in [2.75, 3.05) is 12.4 Å². The number of unbranched alkanes of at least 4 members (excludes halogenated alkanes) is 1. The standard InChI is InChI=1S/C14H19N3O2S2/c1-2-3-8-19-13(18)10-21-14-16-15-11-17(14)7-6-12-5-4-9-20-12/h4-5,9,11H,2-3,6-8,10H2,1H3. The number of ether oxygens (including phenoxy) is 1. The van der Waals surface area contributed by atoms with Gasteiger partial charge in [-0.25, -0.2) is 0 Å². The van der Waals surface area contributed by atoms with Crippen molar-refractivity contribution in [3.63, 3.8) is 0 Å². The van der Waals surface area contributed by atoms with Crippen LogP contribution in [-0.2, 0) is 22.5 Å². The molecular formula is C14H19N3O2S2. The number of carbonyl (C=O) groups excluding carboxylic acids is 1. The van der Waals surface area contributed by atoms with Gasteiger partial charge in [0.1, 0.15) is 6.33 Å². The summed E-state index contributed by atoms with van der Waals surface area (Å²) < 4.78 is 7.10. The second-order valence-electron chi connectivity index (χ2n) is 4.50. The Morgan fingerprint density at radius 2 is 2.43 bits per heavy atom. The Bertz CT molecular complexity index is 540. The van der Waals surface area contributed by atoms with Crippen LogP contribution in [0.1, 0.15) is 24.6 Å². The summed E-state index contributed by atoms with van der Waals surface area (Å²) in [6.45, 7) is 3.39. The van der Waals surface area contributed by atoms with Crippen LogP contribution in [-0.4, -0.2) is 33.1 Å². The maximum Gasteiger partial charge on any atom is 0.316 e. The molecule has 7 heteroatoms. The van der Waals surface area contributed by atoms with Gasteiger partial charge in [-0.1, -0.05) is 31.2 Å². The van der Waals surface area contributed by atoms with Gasteiger partial charge in [-0.3, -0.25) is 4.79 Å². The van der Waals surface area contributed by atoms with Crippen molar-refractivity contribution in [1.29, 1.82) is 0 Å². The van der Waals surface area contributed by atoms with Crippen LogP contribution >= 0.6 is 23.1 Å². The SMILES string of the molecule is CCCCOC(=O)CSc1nncn1CCc1cccs1. The molecule has 2 aromatic heterocycles. The summed E-state index contributed by atoms with van der Waals surface area (Å²) in [6.07, 6.45) is 4.59. The number of aromatic nitrogens is 3. The third-order valence-corrected chi connectivity index (χ3v) is 4.73. The molecule has 0 aromatic carbocycles. The van der Waals surface area contributed by atoms with Gasteiger partial charge in [0, 0.05) is 11.4 Å². The molecule has 21 heavy (non-hydrogen) atoms. The molecule has 0 atom stereocenters. The summed E-state index contributed by atoms with van der Waals surface area (Å²) in [4.78, 5) is 12.9. The summed E-state index contributed by atoms with van der Waals surface area (Å²) in [5, 5.41) is 10.8. The van der Waals surface area contributed by atoms with Gasteiger partial charge in [0.25, 0.3) is 0 Å². The van der Waals surface area contributed by atoms with E-state index in [1.165, 1.54) is 16.6 Å². The monoisotopic (exact) mass is 325 g/mol. The van der Waals surface area contributed by atoms with Gasteiger partial charge in [-0.2, -0.15) is 0 Å². The van der Waals surface area contributed by atoms with Gasteiger partial charge in [-0.15, -0.1) is 21.5 Å². The van der Waals surface area contributed by atoms with Gasteiger partial charge in [0.05, 0.1) is 12.4 Å². The van der Waals surface area contributed by atoms with Crippen molar-refractivity contribution in [3.8, 4) is 0 Å². The molecule has 2 heterocycles. The molecule has 0 saturated carbocycles. The lowest BCUT2D eigenvalue weighted by molar-refractivity contribution is -0.140. The van der Waals surface area contributed by atoms with E-state index in [4.69, 9.17) is 4.74 Å². The highest BCUT2D eigenvalue weighted by Gasteiger charge is 2.09. The molecule has 114 valence electrons. The summed E-state index contributed by atoms with van der Waals surface area (Å²) >= 11 is 3.12.